The highest BCUT2D eigenvalue weighted by atomic mass is 19.4. The Kier molecular flexibility index (Phi) is 4.61. The van der Waals surface area contributed by atoms with E-state index in [1.807, 2.05) is 36.4 Å². The third-order valence-electron chi connectivity index (χ3n) is 3.77. The number of halogens is 3. The molecule has 0 saturated carbocycles. The molecule has 0 atom stereocenters. The Morgan fingerprint density at radius 2 is 1.56 bits per heavy atom. The third-order valence-corrected chi connectivity index (χ3v) is 3.77. The highest BCUT2D eigenvalue weighted by Crippen LogP contribution is 2.29. The molecule has 3 nitrogen and oxygen atoms in total. The molecule has 2 amide bonds. The molecule has 0 aliphatic carbocycles. The molecule has 128 valence electrons. The quantitative estimate of drug-likeness (QED) is 0.675. The zero-order valence-corrected chi connectivity index (χ0v) is 13.1. The van der Waals surface area contributed by atoms with Crippen molar-refractivity contribution in [3.8, 4) is 0 Å². The summed E-state index contributed by atoms with van der Waals surface area (Å²) in [5.41, 5.74) is 0.542. The summed E-state index contributed by atoms with van der Waals surface area (Å²) in [4.78, 5) is 12.1. The van der Waals surface area contributed by atoms with Crippen LogP contribution in [0.5, 0.6) is 0 Å². The first-order valence-corrected chi connectivity index (χ1v) is 7.62. The molecule has 0 aromatic heterocycles. The van der Waals surface area contributed by atoms with Crippen LogP contribution in [0.1, 0.15) is 11.1 Å². The van der Waals surface area contributed by atoms with Gasteiger partial charge in [-0.2, -0.15) is 13.2 Å². The second kappa shape index (κ2) is 6.84. The molecule has 0 spiro atoms. The van der Waals surface area contributed by atoms with Gasteiger partial charge in [0.05, 0.1) is 11.3 Å². The number of hydrogen-bond donors (Lipinski definition) is 2. The summed E-state index contributed by atoms with van der Waals surface area (Å²) in [7, 11) is 0. The van der Waals surface area contributed by atoms with Crippen LogP contribution < -0.4 is 10.6 Å². The average Bonchev–Trinajstić information content (AvgIpc) is 2.60. The van der Waals surface area contributed by atoms with Gasteiger partial charge in [0, 0.05) is 11.9 Å². The second-order valence-corrected chi connectivity index (χ2v) is 5.53. The van der Waals surface area contributed by atoms with Crippen LogP contribution in [0.25, 0.3) is 10.8 Å². The van der Waals surface area contributed by atoms with Gasteiger partial charge in [0.1, 0.15) is 0 Å². The Bertz CT molecular complexity index is 884. The lowest BCUT2D eigenvalue weighted by Crippen LogP contribution is -2.28. The molecule has 3 rings (SSSR count). The number of benzene rings is 3. The van der Waals surface area contributed by atoms with Gasteiger partial charge in [0.2, 0.25) is 0 Å². The number of rotatable bonds is 3. The van der Waals surface area contributed by atoms with Gasteiger partial charge >= 0.3 is 12.2 Å². The van der Waals surface area contributed by atoms with Crippen molar-refractivity contribution >= 4 is 22.5 Å². The van der Waals surface area contributed by atoms with Crippen LogP contribution in [0.4, 0.5) is 23.7 Å². The number of nitrogens with one attached hydrogen (secondary N) is 2. The van der Waals surface area contributed by atoms with Crippen molar-refractivity contribution in [2.75, 3.05) is 5.32 Å². The van der Waals surface area contributed by atoms with Gasteiger partial charge in [-0.25, -0.2) is 4.79 Å². The van der Waals surface area contributed by atoms with Crippen molar-refractivity contribution in [1.29, 1.82) is 0 Å². The lowest BCUT2D eigenvalue weighted by molar-refractivity contribution is -0.137. The minimum atomic E-state index is -4.36. The monoisotopic (exact) mass is 344 g/mol. The summed E-state index contributed by atoms with van der Waals surface area (Å²) in [6.07, 6.45) is -4.36. The lowest BCUT2D eigenvalue weighted by atomic mass is 10.1. The van der Waals surface area contributed by atoms with Gasteiger partial charge in [-0.1, -0.05) is 48.5 Å². The van der Waals surface area contributed by atoms with E-state index in [4.69, 9.17) is 0 Å². The fourth-order valence-electron chi connectivity index (χ4n) is 2.49. The molecule has 3 aromatic rings. The number of anilines is 1. The topological polar surface area (TPSA) is 41.1 Å². The van der Waals surface area contributed by atoms with Gasteiger partial charge in [0.15, 0.2) is 0 Å². The summed E-state index contributed by atoms with van der Waals surface area (Å²) < 4.78 is 37.6. The molecular weight excluding hydrogens is 329 g/mol. The normalized spacial score (nSPS) is 11.3. The Labute approximate surface area is 142 Å². The van der Waals surface area contributed by atoms with E-state index in [1.54, 1.807) is 6.07 Å². The van der Waals surface area contributed by atoms with E-state index in [1.165, 1.54) is 12.1 Å². The zero-order valence-electron chi connectivity index (χ0n) is 13.1. The Morgan fingerprint density at radius 1 is 0.880 bits per heavy atom. The highest BCUT2D eigenvalue weighted by molar-refractivity contribution is 6.01. The van der Waals surface area contributed by atoms with Gasteiger partial charge in [-0.3, -0.25) is 0 Å². The first-order valence-electron chi connectivity index (χ1n) is 7.62. The third kappa shape index (κ3) is 4.09. The Morgan fingerprint density at radius 3 is 2.28 bits per heavy atom. The molecule has 0 radical (unpaired) electrons. The predicted molar refractivity (Wildman–Crippen MR) is 91.3 cm³/mol. The second-order valence-electron chi connectivity index (χ2n) is 5.53. The van der Waals surface area contributed by atoms with Gasteiger partial charge < -0.3 is 10.6 Å². The molecule has 0 aliphatic heterocycles. The van der Waals surface area contributed by atoms with Crippen molar-refractivity contribution in [1.82, 2.24) is 5.32 Å². The number of carbonyl (C=O) groups is 1. The maximum Gasteiger partial charge on any atom is 0.416 e. The molecule has 2 N–H and O–H groups in total. The van der Waals surface area contributed by atoms with Crippen LogP contribution >= 0.6 is 0 Å². The number of hydrogen-bond acceptors (Lipinski definition) is 1. The van der Waals surface area contributed by atoms with Crippen LogP contribution in [-0.2, 0) is 12.7 Å². The maximum atomic E-state index is 12.5. The minimum absolute atomic E-state index is 0.134. The first-order chi connectivity index (χ1) is 11.9. The number of alkyl halides is 3. The fraction of sp³-hybridized carbons (Fsp3) is 0.105. The molecule has 0 unspecified atom stereocenters. The lowest BCUT2D eigenvalue weighted by Gasteiger charge is -2.11. The molecule has 0 aliphatic rings. The molecule has 0 fully saturated rings. The minimum Gasteiger partial charge on any atom is -0.334 e. The molecule has 0 heterocycles. The van der Waals surface area contributed by atoms with Gasteiger partial charge in [0.25, 0.3) is 0 Å². The summed E-state index contributed by atoms with van der Waals surface area (Å²) in [6, 6.07) is 17.5. The molecular formula is C19H15F3N2O. The number of fused-ring (bicyclic) bond motifs is 1. The molecule has 3 aromatic carbocycles. The number of amides is 2. The van der Waals surface area contributed by atoms with E-state index in [0.717, 1.165) is 22.9 Å². The van der Waals surface area contributed by atoms with Crippen LogP contribution in [-0.4, -0.2) is 6.03 Å². The summed E-state index contributed by atoms with van der Waals surface area (Å²) in [6.45, 7) is 0.134. The molecule has 0 bridgehead atoms. The number of urea groups is 1. The van der Waals surface area contributed by atoms with Crippen LogP contribution in [0, 0.1) is 0 Å². The van der Waals surface area contributed by atoms with Crippen molar-refractivity contribution in [2.24, 2.45) is 0 Å². The Hall–Kier alpha value is -3.02. The van der Waals surface area contributed by atoms with E-state index in [9.17, 15) is 18.0 Å². The predicted octanol–water partition coefficient (Wildman–Crippen LogP) is 5.18. The van der Waals surface area contributed by atoms with Crippen LogP contribution in [0.15, 0.2) is 66.7 Å². The van der Waals surface area contributed by atoms with Gasteiger partial charge in [-0.05, 0) is 29.1 Å². The van der Waals surface area contributed by atoms with E-state index in [2.05, 4.69) is 10.6 Å². The van der Waals surface area contributed by atoms with E-state index in [-0.39, 0.29) is 6.54 Å². The van der Waals surface area contributed by atoms with Crippen molar-refractivity contribution in [3.63, 3.8) is 0 Å². The fourth-order valence-corrected chi connectivity index (χ4v) is 2.49. The van der Waals surface area contributed by atoms with Crippen LogP contribution in [0.2, 0.25) is 0 Å². The zero-order chi connectivity index (χ0) is 17.9. The van der Waals surface area contributed by atoms with Crippen molar-refractivity contribution in [3.05, 3.63) is 77.9 Å². The summed E-state index contributed by atoms with van der Waals surface area (Å²) in [5, 5.41) is 7.31. The van der Waals surface area contributed by atoms with E-state index >= 15 is 0 Å². The van der Waals surface area contributed by atoms with E-state index in [0.29, 0.717) is 11.3 Å². The molecule has 6 heteroatoms. The first kappa shape index (κ1) is 16.8. The van der Waals surface area contributed by atoms with Crippen molar-refractivity contribution in [2.45, 2.75) is 12.7 Å². The SMILES string of the molecule is O=C(NCc1ccc(C(F)(F)F)cc1)Nc1cccc2ccccc12. The smallest absolute Gasteiger partial charge is 0.334 e. The highest BCUT2D eigenvalue weighted by Gasteiger charge is 2.29. The van der Waals surface area contributed by atoms with Crippen LogP contribution in [0.3, 0.4) is 0 Å². The summed E-state index contributed by atoms with van der Waals surface area (Å²) >= 11 is 0. The van der Waals surface area contributed by atoms with E-state index < -0.39 is 17.8 Å². The summed E-state index contributed by atoms with van der Waals surface area (Å²) in [5.74, 6) is 0. The Balaban J connectivity index is 1.63. The number of carbonyl (C=O) groups excluding carboxylic acids is 1. The van der Waals surface area contributed by atoms with Gasteiger partial charge in [-0.15, -0.1) is 0 Å². The average molecular weight is 344 g/mol. The standard InChI is InChI=1S/C19H15F3N2O/c20-19(21,22)15-10-8-13(9-11-15)12-23-18(25)24-17-7-3-5-14-4-1-2-6-16(14)17/h1-11H,12H2,(H2,23,24,25). The largest absolute Gasteiger partial charge is 0.416 e. The molecule has 25 heavy (non-hydrogen) atoms. The molecule has 0 saturated heterocycles. The maximum absolute atomic E-state index is 12.5. The van der Waals surface area contributed by atoms with Crippen molar-refractivity contribution < 1.29 is 18.0 Å².